The highest BCUT2D eigenvalue weighted by atomic mass is 16.5. The van der Waals surface area contributed by atoms with Crippen LogP contribution in [0.25, 0.3) is 21.8 Å². The van der Waals surface area contributed by atoms with Crippen LogP contribution in [0.3, 0.4) is 0 Å². The second-order valence-electron chi connectivity index (χ2n) is 8.39. The van der Waals surface area contributed by atoms with Crippen molar-refractivity contribution >= 4 is 27.5 Å². The van der Waals surface area contributed by atoms with Gasteiger partial charge >= 0.3 is 0 Å². The number of pyridine rings is 1. The Labute approximate surface area is 192 Å². The van der Waals surface area contributed by atoms with E-state index in [0.29, 0.717) is 23.9 Å². The third-order valence-corrected chi connectivity index (χ3v) is 6.21. The van der Waals surface area contributed by atoms with Gasteiger partial charge in [0.25, 0.3) is 0 Å². The minimum atomic E-state index is -0.0583. The summed E-state index contributed by atoms with van der Waals surface area (Å²) in [5.41, 5.74) is 2.68. The van der Waals surface area contributed by atoms with E-state index in [4.69, 9.17) is 19.2 Å². The van der Waals surface area contributed by atoms with Crippen LogP contribution in [0.2, 0.25) is 0 Å². The van der Waals surface area contributed by atoms with Gasteiger partial charge in [0, 0.05) is 29.4 Å². The second kappa shape index (κ2) is 8.71. The number of fused-ring (bicyclic) bond motifs is 2. The maximum absolute atomic E-state index is 6.43. The lowest BCUT2D eigenvalue weighted by molar-refractivity contribution is 0.130. The molecular weight excluding hydrogens is 418 g/mol. The van der Waals surface area contributed by atoms with Crippen LogP contribution in [-0.2, 0) is 0 Å². The molecule has 8 nitrogen and oxygen atoms in total. The van der Waals surface area contributed by atoms with E-state index in [2.05, 4.69) is 46.2 Å². The lowest BCUT2D eigenvalue weighted by Gasteiger charge is -2.25. The molecule has 33 heavy (non-hydrogen) atoms. The third kappa shape index (κ3) is 3.98. The van der Waals surface area contributed by atoms with Crippen molar-refractivity contribution in [3.8, 4) is 17.4 Å². The van der Waals surface area contributed by atoms with Gasteiger partial charge in [0.1, 0.15) is 6.10 Å². The smallest absolute Gasteiger partial charge is 0.214 e. The topological polar surface area (TPSA) is 72.8 Å². The van der Waals surface area contributed by atoms with Crippen LogP contribution in [0.5, 0.6) is 17.4 Å². The first-order valence-electron chi connectivity index (χ1n) is 10.9. The third-order valence-electron chi connectivity index (χ3n) is 6.21. The van der Waals surface area contributed by atoms with E-state index in [1.807, 2.05) is 36.4 Å². The molecule has 0 amide bonds. The average Bonchev–Trinajstić information content (AvgIpc) is 3.26. The molecule has 2 aromatic heterocycles. The van der Waals surface area contributed by atoms with Crippen LogP contribution in [0, 0.1) is 0 Å². The molecule has 1 aliphatic rings. The molecule has 1 aliphatic heterocycles. The molecule has 8 heteroatoms. The van der Waals surface area contributed by atoms with E-state index in [9.17, 15) is 0 Å². The summed E-state index contributed by atoms with van der Waals surface area (Å²) >= 11 is 0. The Morgan fingerprint density at radius 1 is 0.939 bits per heavy atom. The molecular formula is C25H27N5O3. The summed E-state index contributed by atoms with van der Waals surface area (Å²) in [6.07, 6.45) is 1.74. The number of hydrogen-bond donors (Lipinski definition) is 0. The number of ether oxygens (including phenoxy) is 3. The Bertz CT molecular complexity index is 1300. The molecule has 0 aliphatic carbocycles. The van der Waals surface area contributed by atoms with Gasteiger partial charge < -0.3 is 24.0 Å². The van der Waals surface area contributed by atoms with Gasteiger partial charge in [-0.15, -0.1) is 0 Å². The van der Waals surface area contributed by atoms with Crippen molar-refractivity contribution in [1.82, 2.24) is 20.1 Å². The van der Waals surface area contributed by atoms with Gasteiger partial charge in [0.15, 0.2) is 11.5 Å². The van der Waals surface area contributed by atoms with Crippen LogP contribution in [0.4, 0.5) is 5.69 Å². The second-order valence-corrected chi connectivity index (χ2v) is 8.39. The Hall–Kier alpha value is -3.65. The molecule has 5 rings (SSSR count). The van der Waals surface area contributed by atoms with Gasteiger partial charge in [-0.1, -0.05) is 18.2 Å². The van der Waals surface area contributed by atoms with E-state index in [1.165, 1.54) is 0 Å². The van der Waals surface area contributed by atoms with Crippen molar-refractivity contribution in [2.24, 2.45) is 0 Å². The molecule has 0 bridgehead atoms. The summed E-state index contributed by atoms with van der Waals surface area (Å²) < 4.78 is 17.4. The number of anilines is 1. The van der Waals surface area contributed by atoms with E-state index in [-0.39, 0.29) is 12.1 Å². The maximum atomic E-state index is 6.43. The fourth-order valence-electron chi connectivity index (χ4n) is 4.46. The zero-order valence-corrected chi connectivity index (χ0v) is 19.2. The number of aromatic nitrogens is 3. The van der Waals surface area contributed by atoms with Crippen molar-refractivity contribution in [2.75, 3.05) is 46.3 Å². The zero-order chi connectivity index (χ0) is 22.9. The summed E-state index contributed by atoms with van der Waals surface area (Å²) in [6, 6.07) is 16.1. The number of rotatable bonds is 6. The van der Waals surface area contributed by atoms with E-state index in [0.717, 1.165) is 34.0 Å². The van der Waals surface area contributed by atoms with Crippen molar-refractivity contribution < 1.29 is 14.2 Å². The van der Waals surface area contributed by atoms with Crippen LogP contribution in [0.15, 0.2) is 54.7 Å². The first-order chi connectivity index (χ1) is 16.1. The van der Waals surface area contributed by atoms with Crippen LogP contribution in [0.1, 0.15) is 0 Å². The summed E-state index contributed by atoms with van der Waals surface area (Å²) in [4.78, 5) is 9.20. The molecule has 4 aromatic rings. The number of benzene rings is 2. The largest absolute Gasteiger partial charge is 0.493 e. The van der Waals surface area contributed by atoms with E-state index < -0.39 is 0 Å². The van der Waals surface area contributed by atoms with Gasteiger partial charge in [-0.25, -0.2) is 4.98 Å². The standard InChI is InChI=1S/C25H27N5O3/c1-29(2)21-14-30(15-24(21)33-25-10-9-16-7-5-6-8-18(16)27-25)20-13-26-28-19-12-23(32-4)22(31-3)11-17(19)20/h5-13,21,24H,14-15H2,1-4H3. The summed E-state index contributed by atoms with van der Waals surface area (Å²) in [6.45, 7) is 1.49. The van der Waals surface area contributed by atoms with Crippen LogP contribution < -0.4 is 19.1 Å². The summed E-state index contributed by atoms with van der Waals surface area (Å²) in [5, 5.41) is 10.6. The quantitative estimate of drug-likeness (QED) is 0.447. The number of hydrogen-bond acceptors (Lipinski definition) is 8. The molecule has 2 atom stereocenters. The average molecular weight is 446 g/mol. The number of nitrogens with zero attached hydrogens (tertiary/aromatic N) is 5. The fraction of sp³-hybridized carbons (Fsp3) is 0.320. The molecule has 0 spiro atoms. The molecule has 1 fully saturated rings. The lowest BCUT2D eigenvalue weighted by atomic mass is 10.1. The fourth-order valence-corrected chi connectivity index (χ4v) is 4.46. The van der Waals surface area contributed by atoms with E-state index >= 15 is 0 Å². The first-order valence-corrected chi connectivity index (χ1v) is 10.9. The molecule has 0 radical (unpaired) electrons. The van der Waals surface area contributed by atoms with E-state index in [1.54, 1.807) is 20.4 Å². The molecule has 170 valence electrons. The van der Waals surface area contributed by atoms with Gasteiger partial charge in [-0.2, -0.15) is 10.2 Å². The number of methoxy groups -OCH3 is 2. The van der Waals surface area contributed by atoms with Gasteiger partial charge in [0.2, 0.25) is 5.88 Å². The minimum Gasteiger partial charge on any atom is -0.493 e. The Morgan fingerprint density at radius 3 is 2.52 bits per heavy atom. The number of para-hydroxylation sites is 1. The summed E-state index contributed by atoms with van der Waals surface area (Å²) in [5.74, 6) is 1.93. The zero-order valence-electron chi connectivity index (χ0n) is 19.2. The molecule has 2 aromatic carbocycles. The molecule has 1 saturated heterocycles. The monoisotopic (exact) mass is 445 g/mol. The lowest BCUT2D eigenvalue weighted by Crippen LogP contribution is -2.41. The minimum absolute atomic E-state index is 0.0583. The molecule has 3 heterocycles. The van der Waals surface area contributed by atoms with Gasteiger partial charge in [-0.3, -0.25) is 0 Å². The van der Waals surface area contributed by atoms with Crippen LogP contribution in [-0.4, -0.2) is 73.6 Å². The SMILES string of the molecule is COc1cc2nncc(N3CC(Oc4ccc5ccccc5n4)C(N(C)C)C3)c2cc1OC. The highest BCUT2D eigenvalue weighted by Crippen LogP contribution is 2.36. The Kier molecular flexibility index (Phi) is 5.60. The van der Waals surface area contributed by atoms with Crippen molar-refractivity contribution in [3.63, 3.8) is 0 Å². The molecule has 0 saturated carbocycles. The van der Waals surface area contributed by atoms with Gasteiger partial charge in [0.05, 0.1) is 49.7 Å². The molecule has 0 N–H and O–H groups in total. The summed E-state index contributed by atoms with van der Waals surface area (Å²) in [7, 11) is 7.41. The predicted molar refractivity (Wildman–Crippen MR) is 128 cm³/mol. The van der Waals surface area contributed by atoms with Crippen molar-refractivity contribution in [1.29, 1.82) is 0 Å². The predicted octanol–water partition coefficient (Wildman–Crippen LogP) is 3.39. The molecule has 2 unspecified atom stereocenters. The highest BCUT2D eigenvalue weighted by Gasteiger charge is 2.37. The van der Waals surface area contributed by atoms with Gasteiger partial charge in [-0.05, 0) is 32.3 Å². The van der Waals surface area contributed by atoms with Crippen LogP contribution >= 0.6 is 0 Å². The van der Waals surface area contributed by atoms with Crippen molar-refractivity contribution in [3.05, 3.63) is 54.7 Å². The Balaban J connectivity index is 1.47. The highest BCUT2D eigenvalue weighted by molar-refractivity contribution is 5.93. The normalized spacial score (nSPS) is 18.3. The Morgan fingerprint density at radius 2 is 1.73 bits per heavy atom. The maximum Gasteiger partial charge on any atom is 0.214 e. The first kappa shape index (κ1) is 21.2. The van der Waals surface area contributed by atoms with Crippen molar-refractivity contribution in [2.45, 2.75) is 12.1 Å². The number of likely N-dealkylation sites (N-methyl/N-ethyl adjacent to an activating group) is 1.